The molecule has 1 aliphatic heterocycles. The average molecular weight is 284 g/mol. The van der Waals surface area contributed by atoms with Crippen molar-refractivity contribution < 1.29 is 9.90 Å². The Balaban J connectivity index is 2.35. The zero-order valence-corrected chi connectivity index (χ0v) is 13.4. The second-order valence-corrected chi connectivity index (χ2v) is 6.60. The number of aliphatic hydroxyl groups is 1. The fraction of sp³-hybridized carbons (Fsp3) is 0.938. The Labute approximate surface area is 123 Å². The van der Waals surface area contributed by atoms with Crippen molar-refractivity contribution in [3.8, 4) is 0 Å². The van der Waals surface area contributed by atoms with Crippen molar-refractivity contribution in [3.63, 3.8) is 0 Å². The second kappa shape index (κ2) is 9.35. The molecule has 1 heterocycles. The number of nitrogens with one attached hydrogen (secondary N) is 1. The first-order chi connectivity index (χ1) is 9.52. The van der Waals surface area contributed by atoms with Crippen molar-refractivity contribution in [3.05, 3.63) is 0 Å². The predicted octanol–water partition coefficient (Wildman–Crippen LogP) is 2.16. The van der Waals surface area contributed by atoms with Crippen LogP contribution in [0, 0.1) is 5.92 Å². The zero-order chi connectivity index (χ0) is 15.0. The Kier molecular flexibility index (Phi) is 8.15. The van der Waals surface area contributed by atoms with Gasteiger partial charge in [-0.25, -0.2) is 0 Å². The Bertz CT molecular complexity index is 282. The molecule has 0 aliphatic carbocycles. The first-order valence-corrected chi connectivity index (χ1v) is 8.17. The summed E-state index contributed by atoms with van der Waals surface area (Å²) in [5, 5.41) is 12.5. The van der Waals surface area contributed by atoms with E-state index in [-0.39, 0.29) is 24.6 Å². The van der Waals surface area contributed by atoms with Crippen LogP contribution < -0.4 is 5.32 Å². The number of hydrogen-bond donors (Lipinski definition) is 2. The summed E-state index contributed by atoms with van der Waals surface area (Å²) in [7, 11) is 0. The lowest BCUT2D eigenvalue weighted by atomic mass is 10.0. The molecule has 0 aromatic rings. The van der Waals surface area contributed by atoms with Gasteiger partial charge in [-0.1, -0.05) is 26.7 Å². The van der Waals surface area contributed by atoms with E-state index in [0.717, 1.165) is 38.6 Å². The van der Waals surface area contributed by atoms with Crippen LogP contribution >= 0.6 is 0 Å². The Morgan fingerprint density at radius 2 is 2.00 bits per heavy atom. The fourth-order valence-corrected chi connectivity index (χ4v) is 2.81. The Morgan fingerprint density at radius 3 is 2.65 bits per heavy atom. The van der Waals surface area contributed by atoms with Crippen LogP contribution in [-0.2, 0) is 4.79 Å². The number of rotatable bonds is 7. The molecule has 118 valence electrons. The Morgan fingerprint density at radius 1 is 1.25 bits per heavy atom. The minimum atomic E-state index is 0.0987. The van der Waals surface area contributed by atoms with Gasteiger partial charge >= 0.3 is 0 Å². The van der Waals surface area contributed by atoms with Gasteiger partial charge in [-0.3, -0.25) is 9.69 Å². The Hall–Kier alpha value is -0.610. The molecule has 0 radical (unpaired) electrons. The quantitative estimate of drug-likeness (QED) is 0.753. The molecule has 20 heavy (non-hydrogen) atoms. The summed E-state index contributed by atoms with van der Waals surface area (Å²) in [6, 6.07) is 0.402. The SMILES string of the molecule is CC(C)CCC(C)NC(=O)CN1CCCCCC1CO. The molecule has 2 unspecified atom stereocenters. The molecule has 4 heteroatoms. The van der Waals surface area contributed by atoms with Crippen LogP contribution in [0.4, 0.5) is 0 Å². The van der Waals surface area contributed by atoms with E-state index in [1.54, 1.807) is 0 Å². The number of hydrogen-bond acceptors (Lipinski definition) is 3. The van der Waals surface area contributed by atoms with Crippen molar-refractivity contribution in [1.82, 2.24) is 10.2 Å². The summed E-state index contributed by atoms with van der Waals surface area (Å²) in [6.45, 7) is 8.01. The summed E-state index contributed by atoms with van der Waals surface area (Å²) in [5.41, 5.74) is 0. The van der Waals surface area contributed by atoms with E-state index in [0.29, 0.717) is 12.5 Å². The molecule has 1 fully saturated rings. The average Bonchev–Trinajstić information content (AvgIpc) is 2.61. The zero-order valence-electron chi connectivity index (χ0n) is 13.4. The van der Waals surface area contributed by atoms with Gasteiger partial charge in [0.2, 0.25) is 5.91 Å². The standard InChI is InChI=1S/C16H32N2O2/c1-13(2)8-9-14(3)17-16(20)11-18-10-6-4-5-7-15(18)12-19/h13-15,19H,4-12H2,1-3H3,(H,17,20). The number of aliphatic hydroxyl groups excluding tert-OH is 1. The maximum Gasteiger partial charge on any atom is 0.234 e. The van der Waals surface area contributed by atoms with E-state index in [1.807, 2.05) is 0 Å². The number of nitrogens with zero attached hydrogens (tertiary/aromatic N) is 1. The third kappa shape index (κ3) is 6.71. The molecule has 0 bridgehead atoms. The summed E-state index contributed by atoms with van der Waals surface area (Å²) >= 11 is 0. The number of likely N-dealkylation sites (tertiary alicyclic amines) is 1. The molecule has 0 saturated carbocycles. The van der Waals surface area contributed by atoms with Gasteiger partial charge in [-0.15, -0.1) is 0 Å². The van der Waals surface area contributed by atoms with E-state index in [1.165, 1.54) is 6.42 Å². The molecule has 1 saturated heterocycles. The third-order valence-corrected chi connectivity index (χ3v) is 4.14. The van der Waals surface area contributed by atoms with Crippen LogP contribution in [0.5, 0.6) is 0 Å². The predicted molar refractivity (Wildman–Crippen MR) is 82.6 cm³/mol. The van der Waals surface area contributed by atoms with Crippen molar-refractivity contribution in [2.75, 3.05) is 19.7 Å². The summed E-state index contributed by atoms with van der Waals surface area (Å²) < 4.78 is 0. The van der Waals surface area contributed by atoms with Crippen molar-refractivity contribution in [1.29, 1.82) is 0 Å². The van der Waals surface area contributed by atoms with E-state index >= 15 is 0 Å². The molecule has 0 aromatic carbocycles. The highest BCUT2D eigenvalue weighted by atomic mass is 16.3. The number of amides is 1. The highest BCUT2D eigenvalue weighted by molar-refractivity contribution is 5.78. The van der Waals surface area contributed by atoms with Gasteiger partial charge in [0.1, 0.15) is 0 Å². The molecule has 4 nitrogen and oxygen atoms in total. The fourth-order valence-electron chi connectivity index (χ4n) is 2.81. The van der Waals surface area contributed by atoms with Crippen LogP contribution in [0.15, 0.2) is 0 Å². The molecule has 1 aliphatic rings. The first kappa shape index (κ1) is 17.4. The van der Waals surface area contributed by atoms with Gasteiger partial charge in [-0.2, -0.15) is 0 Å². The molecule has 1 amide bonds. The topological polar surface area (TPSA) is 52.6 Å². The lowest BCUT2D eigenvalue weighted by Crippen LogP contribution is -2.46. The summed E-state index contributed by atoms with van der Waals surface area (Å²) in [6.07, 6.45) is 6.68. The van der Waals surface area contributed by atoms with Gasteiger partial charge in [0, 0.05) is 12.1 Å². The van der Waals surface area contributed by atoms with Crippen LogP contribution in [0.1, 0.15) is 59.3 Å². The van der Waals surface area contributed by atoms with Gasteiger partial charge < -0.3 is 10.4 Å². The van der Waals surface area contributed by atoms with E-state index in [4.69, 9.17) is 0 Å². The maximum atomic E-state index is 12.1. The molecule has 0 spiro atoms. The van der Waals surface area contributed by atoms with E-state index in [9.17, 15) is 9.90 Å². The summed E-state index contributed by atoms with van der Waals surface area (Å²) in [5.74, 6) is 0.778. The van der Waals surface area contributed by atoms with Crippen molar-refractivity contribution in [2.45, 2.75) is 71.4 Å². The molecular weight excluding hydrogens is 252 g/mol. The van der Waals surface area contributed by atoms with Gasteiger partial charge in [-0.05, 0) is 45.1 Å². The second-order valence-electron chi connectivity index (χ2n) is 6.60. The van der Waals surface area contributed by atoms with Crippen molar-refractivity contribution >= 4 is 5.91 Å². The van der Waals surface area contributed by atoms with Gasteiger partial charge in [0.25, 0.3) is 0 Å². The summed E-state index contributed by atoms with van der Waals surface area (Å²) in [4.78, 5) is 14.3. The van der Waals surface area contributed by atoms with Gasteiger partial charge in [0.05, 0.1) is 13.2 Å². The monoisotopic (exact) mass is 284 g/mol. The van der Waals surface area contributed by atoms with E-state index < -0.39 is 0 Å². The highest BCUT2D eigenvalue weighted by Gasteiger charge is 2.22. The van der Waals surface area contributed by atoms with Crippen LogP contribution in [0.25, 0.3) is 0 Å². The first-order valence-electron chi connectivity index (χ1n) is 8.17. The normalized spacial score (nSPS) is 22.6. The molecule has 0 aromatic heterocycles. The highest BCUT2D eigenvalue weighted by Crippen LogP contribution is 2.16. The van der Waals surface area contributed by atoms with E-state index in [2.05, 4.69) is 31.0 Å². The lowest BCUT2D eigenvalue weighted by molar-refractivity contribution is -0.123. The third-order valence-electron chi connectivity index (χ3n) is 4.14. The van der Waals surface area contributed by atoms with Gasteiger partial charge in [0.15, 0.2) is 0 Å². The number of carbonyl (C=O) groups excluding carboxylic acids is 1. The molecule has 2 atom stereocenters. The van der Waals surface area contributed by atoms with Crippen LogP contribution in [-0.4, -0.2) is 47.7 Å². The van der Waals surface area contributed by atoms with Crippen LogP contribution in [0.2, 0.25) is 0 Å². The lowest BCUT2D eigenvalue weighted by Gasteiger charge is -2.28. The minimum absolute atomic E-state index is 0.0987. The van der Waals surface area contributed by atoms with Crippen molar-refractivity contribution in [2.24, 2.45) is 5.92 Å². The molecule has 1 rings (SSSR count). The minimum Gasteiger partial charge on any atom is -0.395 e. The number of carbonyl (C=O) groups is 1. The maximum absolute atomic E-state index is 12.1. The smallest absolute Gasteiger partial charge is 0.234 e. The van der Waals surface area contributed by atoms with Crippen LogP contribution in [0.3, 0.4) is 0 Å². The molecular formula is C16H32N2O2. The molecule has 2 N–H and O–H groups in total. The largest absolute Gasteiger partial charge is 0.395 e.